The number of likely N-dealkylation sites (N-methyl/N-ethyl adjacent to an activating group) is 2. The Morgan fingerprint density at radius 2 is 1.12 bits per heavy atom. The van der Waals surface area contributed by atoms with Gasteiger partial charge in [-0.3, -0.25) is 14.7 Å². The van der Waals surface area contributed by atoms with Gasteiger partial charge < -0.3 is 25.1 Å². The number of aromatic amines is 2. The standard InChI is InChI=1S/C57H62N8O2/c1-62(2)49-33-56(49,44-13-9-6-10-14-44)54(67)64-29-27-45-31-55(45,36-64)52-58-34-47(60-52)41-23-19-39(20-24-41)37-15-17-38(18-16-37)40-21-25-42(26-22-40)48-35-59-53(61-48)57-32-46(57)28-30-65(57)51(66)50(63(3)4)43-11-7-5-8-12-43/h5-26,34-35,45-46,49-51,54,66-67H,27-33,36H2,1-4H3,(H,58,60)(H,59,61)/t45-,46-,49?,50+,51?,54?,55?,56-,57?/m0/s1. The van der Waals surface area contributed by atoms with Gasteiger partial charge in [-0.05, 0) is 117 Å². The molecule has 67 heavy (non-hydrogen) atoms. The predicted molar refractivity (Wildman–Crippen MR) is 265 cm³/mol. The monoisotopic (exact) mass is 890 g/mol. The van der Waals surface area contributed by atoms with Gasteiger partial charge in [0.1, 0.15) is 24.1 Å². The Morgan fingerprint density at radius 3 is 1.66 bits per heavy atom. The van der Waals surface area contributed by atoms with Gasteiger partial charge in [0.05, 0.1) is 40.8 Å². The van der Waals surface area contributed by atoms with E-state index in [1.54, 1.807) is 0 Å². The van der Waals surface area contributed by atoms with Crippen molar-refractivity contribution in [1.82, 2.24) is 39.5 Å². The third kappa shape index (κ3) is 7.06. The number of H-pyrrole nitrogens is 2. The van der Waals surface area contributed by atoms with Gasteiger partial charge in [-0.2, -0.15) is 0 Å². The molecular formula is C57H62N8O2. The summed E-state index contributed by atoms with van der Waals surface area (Å²) in [6.07, 6.45) is 8.00. The molecule has 342 valence electrons. The zero-order chi connectivity index (χ0) is 45.7. The molecule has 10 heteroatoms. The van der Waals surface area contributed by atoms with Gasteiger partial charge in [-0.15, -0.1) is 0 Å². The molecule has 4 heterocycles. The van der Waals surface area contributed by atoms with Crippen molar-refractivity contribution in [2.75, 3.05) is 47.8 Å². The number of piperidine rings is 2. The molecule has 2 aromatic heterocycles. The van der Waals surface area contributed by atoms with Crippen LogP contribution in [0.5, 0.6) is 0 Å². The molecule has 5 unspecified atom stereocenters. The lowest BCUT2D eigenvalue weighted by Gasteiger charge is -2.40. The average Bonchev–Trinajstić information content (AvgIpc) is 4.28. The van der Waals surface area contributed by atoms with Gasteiger partial charge in [0, 0.05) is 31.1 Å². The van der Waals surface area contributed by atoms with Crippen LogP contribution in [0.15, 0.2) is 146 Å². The van der Waals surface area contributed by atoms with Crippen LogP contribution < -0.4 is 0 Å². The molecule has 0 bridgehead atoms. The smallest absolute Gasteiger partial charge is 0.128 e. The molecule has 0 radical (unpaired) electrons. The first kappa shape index (κ1) is 42.6. The molecule has 3 saturated carbocycles. The number of likely N-dealkylation sites (tertiary alicyclic amines) is 2. The highest BCUT2D eigenvalue weighted by Gasteiger charge is 2.68. The van der Waals surface area contributed by atoms with Crippen LogP contribution in [0.1, 0.15) is 60.9 Å². The van der Waals surface area contributed by atoms with Crippen molar-refractivity contribution >= 4 is 0 Å². The summed E-state index contributed by atoms with van der Waals surface area (Å²) in [5, 5.41) is 24.0. The molecular weight excluding hydrogens is 829 g/mol. The van der Waals surface area contributed by atoms with Crippen LogP contribution >= 0.6 is 0 Å². The molecule has 5 aromatic carbocycles. The fourth-order valence-electron chi connectivity index (χ4n) is 12.8. The van der Waals surface area contributed by atoms with Crippen molar-refractivity contribution in [3.05, 3.63) is 169 Å². The molecule has 3 aliphatic carbocycles. The first-order chi connectivity index (χ1) is 32.6. The second-order valence-corrected chi connectivity index (χ2v) is 20.8. The quantitative estimate of drug-likeness (QED) is 0.0858. The van der Waals surface area contributed by atoms with E-state index in [0.29, 0.717) is 17.9 Å². The minimum atomic E-state index is -0.649. The number of aliphatic hydroxyl groups is 2. The fraction of sp³-hybridized carbons (Fsp3) is 0.368. The Balaban J connectivity index is 0.698. The van der Waals surface area contributed by atoms with Gasteiger partial charge >= 0.3 is 0 Å². The van der Waals surface area contributed by atoms with E-state index in [1.807, 2.05) is 44.7 Å². The maximum atomic E-state index is 12.1. The second-order valence-electron chi connectivity index (χ2n) is 20.8. The molecule has 0 spiro atoms. The summed E-state index contributed by atoms with van der Waals surface area (Å²) < 4.78 is 0. The van der Waals surface area contributed by atoms with E-state index < -0.39 is 12.5 Å². The number of aliphatic hydroxyl groups excluding tert-OH is 2. The molecule has 2 aliphatic heterocycles. The lowest BCUT2D eigenvalue weighted by molar-refractivity contribution is -0.0740. The third-order valence-electron chi connectivity index (χ3n) is 16.8. The van der Waals surface area contributed by atoms with Crippen LogP contribution in [0.4, 0.5) is 0 Å². The number of benzene rings is 5. The average molecular weight is 891 g/mol. The Kier molecular flexibility index (Phi) is 10.3. The van der Waals surface area contributed by atoms with Gasteiger partial charge in [0.25, 0.3) is 0 Å². The highest BCUT2D eigenvalue weighted by atomic mass is 16.3. The van der Waals surface area contributed by atoms with E-state index >= 15 is 0 Å². The normalized spacial score (nSPS) is 28.0. The first-order valence-electron chi connectivity index (χ1n) is 24.3. The highest BCUT2D eigenvalue weighted by Crippen LogP contribution is 2.63. The number of aromatic nitrogens is 4. The first-order valence-corrected chi connectivity index (χ1v) is 24.3. The van der Waals surface area contributed by atoms with Crippen LogP contribution in [0.2, 0.25) is 0 Å². The summed E-state index contributed by atoms with van der Waals surface area (Å²) in [4.78, 5) is 26.4. The summed E-state index contributed by atoms with van der Waals surface area (Å²) in [5.41, 5.74) is 10.7. The lowest BCUT2D eigenvalue weighted by atomic mass is 9.89. The number of imidazole rings is 2. The van der Waals surface area contributed by atoms with E-state index in [4.69, 9.17) is 9.97 Å². The summed E-state index contributed by atoms with van der Waals surface area (Å²) in [6.45, 7) is 2.59. The van der Waals surface area contributed by atoms with E-state index in [0.717, 1.165) is 97.0 Å². The number of rotatable bonds is 14. The Bertz CT molecular complexity index is 2860. The largest absolute Gasteiger partial charge is 0.377 e. The highest BCUT2D eigenvalue weighted by molar-refractivity contribution is 5.74. The van der Waals surface area contributed by atoms with Crippen molar-refractivity contribution in [2.45, 2.75) is 73.0 Å². The maximum Gasteiger partial charge on any atom is 0.128 e. The van der Waals surface area contributed by atoms with Gasteiger partial charge in [0.2, 0.25) is 0 Å². The number of hydrogen-bond acceptors (Lipinski definition) is 8. The number of hydrogen-bond donors (Lipinski definition) is 4. The van der Waals surface area contributed by atoms with E-state index in [9.17, 15) is 10.2 Å². The van der Waals surface area contributed by atoms with E-state index in [2.05, 4.69) is 159 Å². The van der Waals surface area contributed by atoms with E-state index in [-0.39, 0.29) is 22.4 Å². The minimum absolute atomic E-state index is 0.0369. The topological polar surface area (TPSA) is 111 Å². The van der Waals surface area contributed by atoms with Gasteiger partial charge in [0.15, 0.2) is 0 Å². The maximum absolute atomic E-state index is 12.1. The van der Waals surface area contributed by atoms with Crippen molar-refractivity contribution in [2.24, 2.45) is 11.8 Å². The van der Waals surface area contributed by atoms with Crippen LogP contribution in [0.25, 0.3) is 44.8 Å². The van der Waals surface area contributed by atoms with Crippen LogP contribution in [-0.4, -0.2) is 116 Å². The minimum Gasteiger partial charge on any atom is -0.377 e. The Hall–Kier alpha value is -5.72. The molecule has 2 saturated heterocycles. The second kappa shape index (κ2) is 16.2. The Labute approximate surface area is 394 Å². The molecule has 10 nitrogen and oxygen atoms in total. The van der Waals surface area contributed by atoms with Crippen LogP contribution in [0.3, 0.4) is 0 Å². The number of nitrogens with one attached hydrogen (secondary N) is 2. The Morgan fingerprint density at radius 1 is 0.597 bits per heavy atom. The van der Waals surface area contributed by atoms with Crippen LogP contribution in [-0.2, 0) is 16.4 Å². The summed E-state index contributed by atoms with van der Waals surface area (Å²) in [5.74, 6) is 3.11. The zero-order valence-electron chi connectivity index (χ0n) is 39.1. The molecule has 7 aromatic rings. The van der Waals surface area contributed by atoms with Crippen molar-refractivity contribution in [3.63, 3.8) is 0 Å². The fourth-order valence-corrected chi connectivity index (χ4v) is 12.8. The number of nitrogens with zero attached hydrogens (tertiary/aromatic N) is 6. The van der Waals surface area contributed by atoms with Gasteiger partial charge in [-0.1, -0.05) is 133 Å². The summed E-state index contributed by atoms with van der Waals surface area (Å²) >= 11 is 0. The van der Waals surface area contributed by atoms with Crippen molar-refractivity contribution < 1.29 is 10.2 Å². The zero-order valence-corrected chi connectivity index (χ0v) is 39.1. The molecule has 5 aliphatic rings. The molecule has 9 atom stereocenters. The molecule has 4 N–H and O–H groups in total. The van der Waals surface area contributed by atoms with Crippen LogP contribution in [0, 0.1) is 11.8 Å². The molecule has 0 amide bonds. The lowest BCUT2D eigenvalue weighted by Crippen LogP contribution is -2.52. The van der Waals surface area contributed by atoms with Gasteiger partial charge in [-0.25, -0.2) is 9.97 Å². The summed E-state index contributed by atoms with van der Waals surface area (Å²) in [7, 11) is 8.36. The van der Waals surface area contributed by atoms with Crippen molar-refractivity contribution in [3.8, 4) is 44.8 Å². The third-order valence-corrected chi connectivity index (χ3v) is 16.8. The molecule has 5 fully saturated rings. The molecule has 12 rings (SSSR count). The van der Waals surface area contributed by atoms with Crippen molar-refractivity contribution in [1.29, 1.82) is 0 Å². The summed E-state index contributed by atoms with van der Waals surface area (Å²) in [6, 6.07) is 47.5. The van der Waals surface area contributed by atoms with E-state index in [1.165, 1.54) is 22.3 Å². The predicted octanol–water partition coefficient (Wildman–Crippen LogP) is 8.90. The SMILES string of the molecule is CN(C)C1C[C@@]1(c1ccccc1)C(O)N1CC[C@H]2CC2(c2ncc(-c3ccc(-c4ccc(-c5ccc(-c6cnc(C78C[C@@H]7CCN8C(O)[C@@H](c7ccccc7)N(C)C)[nH]6)cc5)cc4)cc3)[nH]2)C1. The number of fused-ring (bicyclic) bond motifs is 2.